The van der Waals surface area contributed by atoms with Gasteiger partial charge in [0.05, 0.1) is 12.1 Å². The fraction of sp³-hybridized carbons (Fsp3) is 0.533. The van der Waals surface area contributed by atoms with E-state index < -0.39 is 0 Å². The van der Waals surface area contributed by atoms with E-state index in [4.69, 9.17) is 0 Å². The molecule has 2 aliphatic rings. The van der Waals surface area contributed by atoms with E-state index in [1.165, 1.54) is 37.7 Å². The van der Waals surface area contributed by atoms with Crippen LogP contribution in [0.3, 0.4) is 0 Å². The fourth-order valence-electron chi connectivity index (χ4n) is 3.22. The van der Waals surface area contributed by atoms with Gasteiger partial charge in [0, 0.05) is 6.04 Å². The molecule has 0 bridgehead atoms. The topological polar surface area (TPSA) is 26.8 Å². The van der Waals surface area contributed by atoms with Crippen molar-refractivity contribution in [2.24, 2.45) is 0 Å². The molecule has 1 saturated heterocycles. The Morgan fingerprint density at radius 3 is 2.41 bits per heavy atom. The number of nitriles is 1. The molecule has 0 spiro atoms. The summed E-state index contributed by atoms with van der Waals surface area (Å²) in [4.78, 5) is 2.43. The molecule has 1 aromatic carbocycles. The molecule has 1 unspecified atom stereocenters. The first kappa shape index (κ1) is 10.8. The monoisotopic (exact) mass is 226 g/mol. The van der Waals surface area contributed by atoms with Gasteiger partial charge in [-0.1, -0.05) is 49.6 Å². The average Bonchev–Trinajstić information content (AvgIpc) is 3.15. The Morgan fingerprint density at radius 2 is 1.76 bits per heavy atom. The maximum absolute atomic E-state index is 9.25. The number of hydrogen-bond acceptors (Lipinski definition) is 2. The van der Waals surface area contributed by atoms with Crippen LogP contribution < -0.4 is 0 Å². The van der Waals surface area contributed by atoms with Crippen LogP contribution in [0.15, 0.2) is 30.3 Å². The Kier molecular flexibility index (Phi) is 2.86. The van der Waals surface area contributed by atoms with Gasteiger partial charge in [0.2, 0.25) is 0 Å². The predicted octanol–water partition coefficient (Wildman–Crippen LogP) is 3.27. The van der Waals surface area contributed by atoms with Crippen molar-refractivity contribution >= 4 is 0 Å². The second-order valence-electron chi connectivity index (χ2n) is 5.17. The van der Waals surface area contributed by atoms with E-state index in [1.54, 1.807) is 0 Å². The molecule has 0 radical (unpaired) electrons. The maximum atomic E-state index is 9.25. The summed E-state index contributed by atoms with van der Waals surface area (Å²) >= 11 is 0. The third-order valence-electron chi connectivity index (χ3n) is 4.12. The molecule has 3 rings (SSSR count). The Labute approximate surface area is 103 Å². The van der Waals surface area contributed by atoms with E-state index in [9.17, 15) is 5.26 Å². The summed E-state index contributed by atoms with van der Waals surface area (Å²) in [5, 5.41) is 9.25. The van der Waals surface area contributed by atoms with Gasteiger partial charge in [-0.15, -0.1) is 0 Å². The average molecular weight is 226 g/mol. The third kappa shape index (κ3) is 1.96. The van der Waals surface area contributed by atoms with Gasteiger partial charge in [0.25, 0.3) is 0 Å². The highest BCUT2D eigenvalue weighted by Gasteiger charge is 2.52. The molecule has 1 heterocycles. The number of benzene rings is 1. The zero-order valence-corrected chi connectivity index (χ0v) is 10.0. The summed E-state index contributed by atoms with van der Waals surface area (Å²) in [6.45, 7) is 0. The first-order valence-corrected chi connectivity index (χ1v) is 6.64. The molecular weight excluding hydrogens is 208 g/mol. The fourth-order valence-corrected chi connectivity index (χ4v) is 3.22. The molecule has 17 heavy (non-hydrogen) atoms. The van der Waals surface area contributed by atoms with E-state index in [2.05, 4.69) is 35.2 Å². The third-order valence-corrected chi connectivity index (χ3v) is 4.12. The lowest BCUT2D eigenvalue weighted by molar-refractivity contribution is 0.276. The smallest absolute Gasteiger partial charge is 0.119 e. The van der Waals surface area contributed by atoms with Crippen molar-refractivity contribution in [3.63, 3.8) is 0 Å². The van der Waals surface area contributed by atoms with Crippen LogP contribution in [0.5, 0.6) is 0 Å². The van der Waals surface area contributed by atoms with Crippen LogP contribution in [0.25, 0.3) is 0 Å². The van der Waals surface area contributed by atoms with Crippen molar-refractivity contribution in [2.45, 2.75) is 50.2 Å². The van der Waals surface area contributed by atoms with Crippen LogP contribution in [-0.4, -0.2) is 17.0 Å². The summed E-state index contributed by atoms with van der Waals surface area (Å²) in [5.41, 5.74) is 1.31. The molecule has 0 N–H and O–H groups in total. The highest BCUT2D eigenvalue weighted by Crippen LogP contribution is 2.47. The Balaban J connectivity index is 1.76. The van der Waals surface area contributed by atoms with Crippen LogP contribution in [0.1, 0.15) is 43.7 Å². The number of hydrogen-bond donors (Lipinski definition) is 0. The molecule has 1 saturated carbocycles. The van der Waals surface area contributed by atoms with Crippen LogP contribution in [-0.2, 0) is 0 Å². The van der Waals surface area contributed by atoms with Crippen molar-refractivity contribution < 1.29 is 0 Å². The van der Waals surface area contributed by atoms with Gasteiger partial charge in [-0.2, -0.15) is 5.26 Å². The molecule has 0 amide bonds. The summed E-state index contributed by atoms with van der Waals surface area (Å²) in [5.74, 6) is 0. The summed E-state index contributed by atoms with van der Waals surface area (Å²) < 4.78 is 0. The van der Waals surface area contributed by atoms with E-state index >= 15 is 0 Å². The van der Waals surface area contributed by atoms with Crippen LogP contribution in [0, 0.1) is 11.3 Å². The molecule has 88 valence electrons. The molecule has 1 aliphatic heterocycles. The highest BCUT2D eigenvalue weighted by atomic mass is 15.4. The van der Waals surface area contributed by atoms with Gasteiger partial charge in [-0.3, -0.25) is 4.90 Å². The second kappa shape index (κ2) is 4.50. The van der Waals surface area contributed by atoms with Gasteiger partial charge in [-0.05, 0) is 18.4 Å². The number of rotatable bonds is 2. The van der Waals surface area contributed by atoms with Crippen molar-refractivity contribution in [1.29, 1.82) is 5.26 Å². The van der Waals surface area contributed by atoms with Crippen molar-refractivity contribution in [3.8, 4) is 6.07 Å². The van der Waals surface area contributed by atoms with Gasteiger partial charge < -0.3 is 0 Å². The second-order valence-corrected chi connectivity index (χ2v) is 5.17. The summed E-state index contributed by atoms with van der Waals surface area (Å²) in [7, 11) is 0. The Morgan fingerprint density at radius 1 is 1.06 bits per heavy atom. The summed E-state index contributed by atoms with van der Waals surface area (Å²) in [6, 6.07) is 14.1. The molecule has 0 aromatic heterocycles. The largest absolute Gasteiger partial charge is 0.274 e. The van der Waals surface area contributed by atoms with E-state index in [-0.39, 0.29) is 6.04 Å². The van der Waals surface area contributed by atoms with Gasteiger partial charge in [0.1, 0.15) is 6.04 Å². The highest BCUT2D eigenvalue weighted by molar-refractivity contribution is 5.32. The molecule has 2 fully saturated rings. The van der Waals surface area contributed by atoms with E-state index in [1.807, 2.05) is 6.07 Å². The number of nitrogens with zero attached hydrogens (tertiary/aromatic N) is 2. The lowest BCUT2D eigenvalue weighted by atomic mass is 9.95. The SMILES string of the molecule is N#C[C@@H]1[C@H](c2ccccc2)N1C1CCCCC1. The van der Waals surface area contributed by atoms with Crippen LogP contribution in [0.4, 0.5) is 0 Å². The molecule has 1 aliphatic carbocycles. The van der Waals surface area contributed by atoms with E-state index in [0.29, 0.717) is 12.1 Å². The van der Waals surface area contributed by atoms with Crippen LogP contribution >= 0.6 is 0 Å². The van der Waals surface area contributed by atoms with Gasteiger partial charge in [-0.25, -0.2) is 0 Å². The lowest BCUT2D eigenvalue weighted by Gasteiger charge is -2.23. The molecule has 2 nitrogen and oxygen atoms in total. The first-order chi connectivity index (χ1) is 8.42. The standard InChI is InChI=1S/C15H18N2/c16-11-14-15(12-7-3-1-4-8-12)17(14)13-9-5-2-6-10-13/h1,3-4,7-8,13-15H,2,5-6,9-10H2/t14-,15+,17?/m1/s1. The normalized spacial score (nSPS) is 33.0. The van der Waals surface area contributed by atoms with Crippen LogP contribution in [0.2, 0.25) is 0 Å². The van der Waals surface area contributed by atoms with Crippen molar-refractivity contribution in [2.75, 3.05) is 0 Å². The minimum atomic E-state index is 0.125. The van der Waals surface area contributed by atoms with Gasteiger partial charge in [0.15, 0.2) is 0 Å². The molecule has 3 atom stereocenters. The van der Waals surface area contributed by atoms with Gasteiger partial charge >= 0.3 is 0 Å². The zero-order valence-electron chi connectivity index (χ0n) is 10.0. The molecule has 2 heteroatoms. The molecular formula is C15H18N2. The molecule has 1 aromatic rings. The zero-order chi connectivity index (χ0) is 11.7. The summed E-state index contributed by atoms with van der Waals surface area (Å²) in [6.07, 6.45) is 6.60. The quantitative estimate of drug-likeness (QED) is 0.724. The minimum Gasteiger partial charge on any atom is -0.274 e. The lowest BCUT2D eigenvalue weighted by Crippen LogP contribution is -2.23. The van der Waals surface area contributed by atoms with Crippen molar-refractivity contribution in [3.05, 3.63) is 35.9 Å². The predicted molar refractivity (Wildman–Crippen MR) is 67.3 cm³/mol. The van der Waals surface area contributed by atoms with E-state index in [0.717, 1.165) is 0 Å². The Hall–Kier alpha value is -1.33. The van der Waals surface area contributed by atoms with Crippen molar-refractivity contribution in [1.82, 2.24) is 4.90 Å². The minimum absolute atomic E-state index is 0.125. The first-order valence-electron chi connectivity index (χ1n) is 6.64. The maximum Gasteiger partial charge on any atom is 0.119 e. The Bertz CT molecular complexity index is 414.